The van der Waals surface area contributed by atoms with Gasteiger partial charge in [0.15, 0.2) is 5.69 Å². The second kappa shape index (κ2) is 4.77. The number of carboxylic acid groups (broad SMARTS) is 1. The summed E-state index contributed by atoms with van der Waals surface area (Å²) in [5.41, 5.74) is 7.96. The Kier molecular flexibility index (Phi) is 3.13. The topological polar surface area (TPSA) is 127 Å². The van der Waals surface area contributed by atoms with Gasteiger partial charge in [0.25, 0.3) is 0 Å². The van der Waals surface area contributed by atoms with Gasteiger partial charge in [-0.1, -0.05) is 13.8 Å². The molecular formula is C14H17N5O3. The first-order chi connectivity index (χ1) is 10.3. The quantitative estimate of drug-likeness (QED) is 0.751. The van der Waals surface area contributed by atoms with Crippen LogP contribution in [-0.4, -0.2) is 42.5 Å². The zero-order valence-corrected chi connectivity index (χ0v) is 12.4. The Bertz CT molecular complexity index is 766. The van der Waals surface area contributed by atoms with Crippen LogP contribution in [0.15, 0.2) is 6.20 Å². The number of aliphatic hydroxyl groups excluding tert-OH is 1. The van der Waals surface area contributed by atoms with Gasteiger partial charge in [-0.25, -0.2) is 14.8 Å². The van der Waals surface area contributed by atoms with Crippen LogP contribution in [0.5, 0.6) is 0 Å². The summed E-state index contributed by atoms with van der Waals surface area (Å²) in [6.07, 6.45) is 2.26. The van der Waals surface area contributed by atoms with Crippen LogP contribution in [0.3, 0.4) is 0 Å². The van der Waals surface area contributed by atoms with Crippen LogP contribution in [0.2, 0.25) is 0 Å². The largest absolute Gasteiger partial charge is 0.476 e. The molecule has 1 aliphatic rings. The highest BCUT2D eigenvalue weighted by Crippen LogP contribution is 2.43. The summed E-state index contributed by atoms with van der Waals surface area (Å²) in [4.78, 5) is 19.8. The van der Waals surface area contributed by atoms with Crippen molar-refractivity contribution in [1.29, 1.82) is 0 Å². The van der Waals surface area contributed by atoms with E-state index in [1.807, 2.05) is 13.8 Å². The number of carboxylic acids is 1. The lowest BCUT2D eigenvalue weighted by atomic mass is 9.73. The van der Waals surface area contributed by atoms with Crippen molar-refractivity contribution in [2.75, 3.05) is 12.3 Å². The van der Waals surface area contributed by atoms with Crippen molar-refractivity contribution >= 4 is 11.9 Å². The smallest absolute Gasteiger partial charge is 0.356 e. The monoisotopic (exact) mass is 303 g/mol. The minimum absolute atomic E-state index is 0.00344. The van der Waals surface area contributed by atoms with Gasteiger partial charge in [-0.3, -0.25) is 4.68 Å². The molecule has 0 amide bonds. The van der Waals surface area contributed by atoms with E-state index in [2.05, 4.69) is 15.1 Å². The Hall–Kier alpha value is -2.48. The summed E-state index contributed by atoms with van der Waals surface area (Å²) in [7, 11) is 0. The molecule has 0 aliphatic heterocycles. The molecule has 0 unspecified atom stereocenters. The highest BCUT2D eigenvalue weighted by Gasteiger charge is 2.40. The van der Waals surface area contributed by atoms with Crippen molar-refractivity contribution < 1.29 is 15.0 Å². The fourth-order valence-electron chi connectivity index (χ4n) is 3.07. The number of nitrogen functional groups attached to an aromatic ring is 1. The van der Waals surface area contributed by atoms with Crippen LogP contribution in [0, 0.1) is 0 Å². The lowest BCUT2D eigenvalue weighted by Gasteiger charge is -2.31. The van der Waals surface area contributed by atoms with E-state index < -0.39 is 11.4 Å². The maximum Gasteiger partial charge on any atom is 0.356 e. The number of aromatic carboxylic acids is 1. The number of nitrogens with two attached hydrogens (primary N) is 1. The molecule has 0 atom stereocenters. The third kappa shape index (κ3) is 2.03. The van der Waals surface area contributed by atoms with Gasteiger partial charge in [0.2, 0.25) is 5.95 Å². The van der Waals surface area contributed by atoms with Crippen LogP contribution in [-0.2, 0) is 18.4 Å². The van der Waals surface area contributed by atoms with E-state index in [1.54, 1.807) is 6.20 Å². The lowest BCUT2D eigenvalue weighted by Crippen LogP contribution is -2.28. The van der Waals surface area contributed by atoms with Crippen molar-refractivity contribution in [3.63, 3.8) is 0 Å². The van der Waals surface area contributed by atoms with Crippen LogP contribution >= 0.6 is 0 Å². The van der Waals surface area contributed by atoms with Crippen molar-refractivity contribution in [1.82, 2.24) is 19.7 Å². The van der Waals surface area contributed by atoms with Gasteiger partial charge in [-0.15, -0.1) is 0 Å². The number of hydrogen-bond acceptors (Lipinski definition) is 6. The van der Waals surface area contributed by atoms with Crippen molar-refractivity contribution in [2.45, 2.75) is 32.2 Å². The molecule has 0 saturated carbocycles. The number of nitrogens with zero attached hydrogens (tertiary/aromatic N) is 4. The zero-order chi connectivity index (χ0) is 16.1. The van der Waals surface area contributed by atoms with Crippen LogP contribution in [0.25, 0.3) is 11.4 Å². The number of carbonyl (C=O) groups is 1. The molecule has 2 aromatic rings. The molecular weight excluding hydrogens is 286 g/mol. The van der Waals surface area contributed by atoms with Crippen LogP contribution < -0.4 is 5.73 Å². The second-order valence-electron chi connectivity index (χ2n) is 5.99. The van der Waals surface area contributed by atoms with Gasteiger partial charge >= 0.3 is 5.97 Å². The third-order valence-electron chi connectivity index (χ3n) is 3.88. The highest BCUT2D eigenvalue weighted by atomic mass is 16.4. The molecule has 0 saturated heterocycles. The molecule has 8 nitrogen and oxygen atoms in total. The molecule has 22 heavy (non-hydrogen) atoms. The fraction of sp³-hybridized carbons (Fsp3) is 0.429. The Labute approximate surface area is 126 Å². The molecule has 8 heteroatoms. The molecule has 0 radical (unpaired) electrons. The number of hydrogen-bond donors (Lipinski definition) is 3. The van der Waals surface area contributed by atoms with E-state index in [0.717, 1.165) is 5.56 Å². The van der Waals surface area contributed by atoms with Crippen LogP contribution in [0.4, 0.5) is 5.95 Å². The number of fused-ring (bicyclic) bond motifs is 3. The Balaban J connectivity index is 2.37. The van der Waals surface area contributed by atoms with Gasteiger partial charge in [-0.05, 0) is 17.4 Å². The van der Waals surface area contributed by atoms with Crippen LogP contribution in [0.1, 0.15) is 35.5 Å². The highest BCUT2D eigenvalue weighted by molar-refractivity contribution is 5.91. The lowest BCUT2D eigenvalue weighted by molar-refractivity contribution is 0.0686. The maximum absolute atomic E-state index is 11.6. The van der Waals surface area contributed by atoms with Crippen molar-refractivity contribution in [3.8, 4) is 11.4 Å². The van der Waals surface area contributed by atoms with Gasteiger partial charge in [0.05, 0.1) is 24.5 Å². The second-order valence-corrected chi connectivity index (χ2v) is 5.99. The first kappa shape index (κ1) is 14.5. The standard InChI is InChI=1S/C14H17N5O3/c1-14(2)5-7-6-16-13(15)17-9(7)11-8(14)10(12(21)22)18-19(11)3-4-20/h6,20H,3-5H2,1-2H3,(H,21,22)(H2,15,16,17). The minimum Gasteiger partial charge on any atom is -0.476 e. The predicted molar refractivity (Wildman–Crippen MR) is 78.4 cm³/mol. The van der Waals surface area contributed by atoms with E-state index in [9.17, 15) is 15.0 Å². The number of rotatable bonds is 3. The predicted octanol–water partition coefficient (Wildman–Crippen LogP) is 0.446. The summed E-state index contributed by atoms with van der Waals surface area (Å²) < 4.78 is 1.49. The van der Waals surface area contributed by atoms with E-state index in [0.29, 0.717) is 23.4 Å². The summed E-state index contributed by atoms with van der Waals surface area (Å²) in [5, 5.41) is 22.9. The van der Waals surface area contributed by atoms with Gasteiger partial charge in [0.1, 0.15) is 0 Å². The summed E-state index contributed by atoms with van der Waals surface area (Å²) in [5.74, 6) is -0.968. The fourth-order valence-corrected chi connectivity index (χ4v) is 3.07. The molecule has 2 aromatic heterocycles. The molecule has 0 bridgehead atoms. The third-order valence-corrected chi connectivity index (χ3v) is 3.88. The summed E-state index contributed by atoms with van der Waals surface area (Å²) >= 11 is 0. The molecule has 4 N–H and O–H groups in total. The zero-order valence-electron chi connectivity index (χ0n) is 12.4. The molecule has 0 aromatic carbocycles. The Morgan fingerprint density at radius 1 is 1.50 bits per heavy atom. The molecule has 2 heterocycles. The Morgan fingerprint density at radius 3 is 2.86 bits per heavy atom. The van der Waals surface area contributed by atoms with Crippen molar-refractivity contribution in [2.24, 2.45) is 0 Å². The van der Waals surface area contributed by atoms with Gasteiger partial charge in [-0.2, -0.15) is 5.10 Å². The molecule has 116 valence electrons. The normalized spacial score (nSPS) is 15.2. The summed E-state index contributed by atoms with van der Waals surface area (Å²) in [6.45, 7) is 3.96. The maximum atomic E-state index is 11.6. The average Bonchev–Trinajstić information content (AvgIpc) is 2.81. The minimum atomic E-state index is -1.09. The van der Waals surface area contributed by atoms with Gasteiger partial charge in [0, 0.05) is 11.8 Å². The molecule has 0 spiro atoms. The van der Waals surface area contributed by atoms with E-state index in [1.165, 1.54) is 4.68 Å². The first-order valence-corrected chi connectivity index (χ1v) is 6.92. The van der Waals surface area contributed by atoms with Crippen molar-refractivity contribution in [3.05, 3.63) is 23.0 Å². The molecule has 3 rings (SSSR count). The SMILES string of the molecule is CC1(C)Cc2cnc(N)nc2-c2c1c(C(=O)O)nn2CCO. The number of aromatic nitrogens is 4. The first-order valence-electron chi connectivity index (χ1n) is 6.92. The summed E-state index contributed by atoms with van der Waals surface area (Å²) in [6, 6.07) is 0. The number of aliphatic hydroxyl groups is 1. The van der Waals surface area contributed by atoms with E-state index >= 15 is 0 Å². The molecule has 1 aliphatic carbocycles. The molecule has 0 fully saturated rings. The average molecular weight is 303 g/mol. The van der Waals surface area contributed by atoms with E-state index in [4.69, 9.17) is 5.73 Å². The Morgan fingerprint density at radius 2 is 2.23 bits per heavy atom. The number of anilines is 1. The van der Waals surface area contributed by atoms with Gasteiger partial charge < -0.3 is 15.9 Å². The van der Waals surface area contributed by atoms with E-state index in [-0.39, 0.29) is 24.8 Å².